The molecule has 0 amide bonds. The van der Waals surface area contributed by atoms with Crippen molar-refractivity contribution < 1.29 is 63.8 Å². The van der Waals surface area contributed by atoms with Crippen LogP contribution in [-0.4, -0.2) is 52.5 Å². The molecule has 0 spiro atoms. The zero-order valence-corrected chi connectivity index (χ0v) is 59.7. The van der Waals surface area contributed by atoms with E-state index in [9.17, 15) is 0 Å². The quantitative estimate of drug-likeness (QED) is 0.161. The van der Waals surface area contributed by atoms with Gasteiger partial charge in [0.25, 0.3) is 0 Å². The van der Waals surface area contributed by atoms with Gasteiger partial charge in [-0.25, -0.2) is 18.7 Å². The van der Waals surface area contributed by atoms with Gasteiger partial charge in [-0.15, -0.1) is 0 Å². The van der Waals surface area contributed by atoms with Crippen LogP contribution in [-0.2, 0) is 112 Å². The van der Waals surface area contributed by atoms with Crippen molar-refractivity contribution in [2.45, 2.75) is 131 Å². The molecule has 4 aromatic carbocycles. The van der Waals surface area contributed by atoms with Gasteiger partial charge >= 0.3 is 140 Å². The molecule has 456 valence electrons. The third kappa shape index (κ3) is 15.2. The molecule has 4 aliphatic rings. The molecule has 0 unspecified atom stereocenters. The first-order valence-electron chi connectivity index (χ1n) is 25.9. The van der Waals surface area contributed by atoms with Gasteiger partial charge < -0.3 is 19.6 Å². The fourth-order valence-corrected chi connectivity index (χ4v) is 11.0. The van der Waals surface area contributed by atoms with Crippen molar-refractivity contribution >= 4 is 99.5 Å². The average Bonchev–Trinajstić information content (AvgIpc) is 3.96. The molecular weight excluding hydrogens is 1570 g/mol. The minimum absolute atomic E-state index is 0.0585. The predicted molar refractivity (Wildman–Crippen MR) is 330 cm³/mol. The Morgan fingerprint density at radius 1 is 0.293 bits per heavy atom. The molecule has 12 rings (SSSR count). The SMILES string of the molecule is CC(C)(C)c1nn(-c2ccccc2)c2c1CN1CN2Cc2c(C(C)(C)C)nn(-c3ccccc3)c21.CC(C)(C)c1nn(-c2ccccc2)c2c1CN1CN2Cc2c(C(C)(C)C)nn(-c3ccccc3)c21.[Cl][Pd][Cl].[Cl][Pd][Cl].[Cl][Pd][Cl].[Cl][Pd][Cl]. The normalized spacial score (nSPS) is 14.1. The van der Waals surface area contributed by atoms with Crippen LogP contribution in [0, 0.1) is 0 Å². The third-order valence-corrected chi connectivity index (χ3v) is 13.9. The minimum atomic E-state index is -0.106. The van der Waals surface area contributed by atoms with Crippen LogP contribution < -0.4 is 19.6 Å². The van der Waals surface area contributed by atoms with Gasteiger partial charge in [0.2, 0.25) is 0 Å². The number of rotatable bonds is 4. The van der Waals surface area contributed by atoms with E-state index in [1.807, 2.05) is 0 Å². The Morgan fingerprint density at radius 2 is 0.451 bits per heavy atom. The molecule has 4 aliphatic heterocycles. The second kappa shape index (κ2) is 29.3. The molecule has 12 nitrogen and oxygen atoms in total. The molecule has 0 fully saturated rings. The fourth-order valence-electron chi connectivity index (χ4n) is 11.0. The number of nitrogens with zero attached hydrogens (tertiary/aromatic N) is 12. The van der Waals surface area contributed by atoms with E-state index in [2.05, 4.69) is 243 Å². The van der Waals surface area contributed by atoms with Crippen LogP contribution in [0.25, 0.3) is 22.7 Å². The second-order valence-electron chi connectivity index (χ2n) is 23.8. The van der Waals surface area contributed by atoms with Crippen molar-refractivity contribution in [2.24, 2.45) is 0 Å². The van der Waals surface area contributed by atoms with E-state index in [1.54, 1.807) is 0 Å². The van der Waals surface area contributed by atoms with E-state index in [4.69, 9.17) is 96.6 Å². The van der Waals surface area contributed by atoms with Crippen LogP contribution in [0.3, 0.4) is 0 Å². The summed E-state index contributed by atoms with van der Waals surface area (Å²) in [6.07, 6.45) is 0. The predicted octanol–water partition coefficient (Wildman–Crippen LogP) is 17.4. The Morgan fingerprint density at radius 3 is 0.598 bits per heavy atom. The molecule has 24 heteroatoms. The Balaban J connectivity index is 0.000000198. The van der Waals surface area contributed by atoms with Crippen molar-refractivity contribution in [1.29, 1.82) is 0 Å². The number of hydrogen-bond acceptors (Lipinski definition) is 8. The molecule has 82 heavy (non-hydrogen) atoms. The number of aromatic nitrogens is 8. The molecule has 0 aliphatic carbocycles. The monoisotopic (exact) mass is 1640 g/mol. The summed E-state index contributed by atoms with van der Waals surface area (Å²) in [5, 5.41) is 20.9. The standard InChI is InChI=1S/2C29H34N6.8ClH.4Pd/c2*1-28(2,3)24-22-17-32-19-33(26(22)34(30-24)20-13-9-7-10-14-20)18-23-25(29(4,5)6)31-35(27(23)32)21-15-11-8-12-16-21;;;;;;;;;;;;/h2*7-16H,17-19H2,1-6H3;8*1H;;;;/q;;;;;;;;;;4*+2/p-8. The Hall–Kier alpha value is -2.11. The Bertz CT molecular complexity index is 2890. The number of halogens is 8. The number of para-hydroxylation sites is 4. The summed E-state index contributed by atoms with van der Waals surface area (Å²) >= 11 is -0.422. The second-order valence-corrected chi connectivity index (χ2v) is 33.3. The summed E-state index contributed by atoms with van der Waals surface area (Å²) in [4.78, 5) is 9.96. The van der Waals surface area contributed by atoms with E-state index < -0.39 is 0 Å². The molecule has 0 N–H and O–H groups in total. The summed E-state index contributed by atoms with van der Waals surface area (Å²) < 4.78 is 8.65. The molecule has 0 radical (unpaired) electrons. The van der Waals surface area contributed by atoms with Gasteiger partial charge in [0.05, 0.1) is 85.0 Å². The molecule has 4 aromatic heterocycles. The number of fused-ring (bicyclic) bond motifs is 12. The summed E-state index contributed by atoms with van der Waals surface area (Å²) in [6, 6.07) is 42.1. The zero-order valence-electron chi connectivity index (χ0n) is 47.4. The number of hydrogen-bond donors (Lipinski definition) is 0. The molecule has 8 aromatic rings. The first-order chi connectivity index (χ1) is 38.9. The van der Waals surface area contributed by atoms with E-state index in [-0.39, 0.29) is 85.4 Å². The first kappa shape index (κ1) is 67.4. The van der Waals surface area contributed by atoms with Gasteiger partial charge in [-0.3, -0.25) is 0 Å². The molecule has 8 heterocycles. The van der Waals surface area contributed by atoms with Crippen LogP contribution in [0.1, 0.15) is 128 Å². The van der Waals surface area contributed by atoms with Crippen molar-refractivity contribution in [3.8, 4) is 22.7 Å². The van der Waals surface area contributed by atoms with Gasteiger partial charge in [0.15, 0.2) is 0 Å². The van der Waals surface area contributed by atoms with E-state index in [1.165, 1.54) is 45.5 Å². The molecule has 4 bridgehead atoms. The zero-order chi connectivity index (χ0) is 59.9. The molecule has 0 atom stereocenters. The van der Waals surface area contributed by atoms with Crippen LogP contribution in [0.2, 0.25) is 0 Å². The molecule has 0 saturated carbocycles. The van der Waals surface area contributed by atoms with E-state index >= 15 is 0 Å². The first-order valence-corrected chi connectivity index (χ1v) is 41.9. The summed E-state index contributed by atoms with van der Waals surface area (Å²) in [5.41, 5.74) is 14.1. The summed E-state index contributed by atoms with van der Waals surface area (Å²) in [5.74, 6) is 4.87. The van der Waals surface area contributed by atoms with Crippen LogP contribution in [0.5, 0.6) is 0 Å². The van der Waals surface area contributed by atoms with Crippen molar-refractivity contribution in [2.75, 3.05) is 32.9 Å². The van der Waals surface area contributed by atoms with E-state index in [0.717, 1.165) is 85.0 Å². The van der Waals surface area contributed by atoms with Crippen molar-refractivity contribution in [1.82, 2.24) is 39.1 Å². The third-order valence-electron chi connectivity index (χ3n) is 13.9. The van der Waals surface area contributed by atoms with Gasteiger partial charge in [-0.05, 0) is 48.5 Å². The molecular formula is C58H68Cl8N12Pd4. The van der Waals surface area contributed by atoms with Gasteiger partial charge in [-0.2, -0.15) is 20.4 Å². The summed E-state index contributed by atoms with van der Waals surface area (Å²) in [7, 11) is 38.5. The average molecular weight is 1640 g/mol. The Labute approximate surface area is 549 Å². The van der Waals surface area contributed by atoms with Crippen molar-refractivity contribution in [3.63, 3.8) is 0 Å². The number of anilines is 4. The van der Waals surface area contributed by atoms with Gasteiger partial charge in [-0.1, -0.05) is 156 Å². The van der Waals surface area contributed by atoms with Crippen LogP contribution in [0.4, 0.5) is 23.3 Å². The maximum absolute atomic E-state index is 5.22. The van der Waals surface area contributed by atoms with Crippen molar-refractivity contribution in [3.05, 3.63) is 166 Å². The number of benzene rings is 4. The van der Waals surface area contributed by atoms with Gasteiger partial charge in [0.1, 0.15) is 23.3 Å². The summed E-state index contributed by atoms with van der Waals surface area (Å²) in [6.45, 7) is 32.1. The topological polar surface area (TPSA) is 84.2 Å². The van der Waals surface area contributed by atoms with E-state index in [0.29, 0.717) is 0 Å². The van der Waals surface area contributed by atoms with Gasteiger partial charge in [0, 0.05) is 43.9 Å². The molecule has 0 saturated heterocycles. The Kier molecular flexibility index (Phi) is 24.1. The van der Waals surface area contributed by atoms with Crippen LogP contribution >= 0.6 is 76.2 Å². The maximum atomic E-state index is 5.22. The van der Waals surface area contributed by atoms with Crippen LogP contribution in [0.15, 0.2) is 121 Å². The fraction of sp³-hybridized carbons (Fsp3) is 0.379.